The smallest absolute Gasteiger partial charge is 0.163 e. The molecule has 2 aromatic rings. The van der Waals surface area contributed by atoms with Crippen molar-refractivity contribution in [2.45, 2.75) is 31.7 Å². The lowest BCUT2D eigenvalue weighted by atomic mass is 9.92. The highest BCUT2D eigenvalue weighted by Gasteiger charge is 2.37. The molecule has 2 unspecified atom stereocenters. The molecule has 0 aliphatic carbocycles. The maximum Gasteiger partial charge on any atom is 0.163 e. The molecular weight excluding hydrogens is 304 g/mol. The molecule has 2 atom stereocenters. The summed E-state index contributed by atoms with van der Waals surface area (Å²) in [5.74, 6) is -0.103. The van der Waals surface area contributed by atoms with Gasteiger partial charge in [-0.1, -0.05) is 36.4 Å². The largest absolute Gasteiger partial charge is 0.508 e. The Morgan fingerprint density at radius 1 is 1.00 bits per heavy atom. The summed E-state index contributed by atoms with van der Waals surface area (Å²) in [4.78, 5) is 0. The van der Waals surface area contributed by atoms with Crippen LogP contribution in [0.3, 0.4) is 0 Å². The Balaban J connectivity index is 1.87. The van der Waals surface area contributed by atoms with Gasteiger partial charge in [-0.15, -0.1) is 0 Å². The van der Waals surface area contributed by atoms with Crippen molar-refractivity contribution in [1.29, 1.82) is 0 Å². The first-order valence-electron chi connectivity index (χ1n) is 8.01. The number of ether oxygens (including phenoxy) is 2. The zero-order valence-electron chi connectivity index (χ0n) is 13.8. The minimum Gasteiger partial charge on any atom is -0.508 e. The first-order valence-corrected chi connectivity index (χ1v) is 8.01. The molecule has 0 amide bonds. The Morgan fingerprint density at radius 2 is 1.58 bits per heavy atom. The molecule has 1 saturated heterocycles. The van der Waals surface area contributed by atoms with Crippen LogP contribution in [-0.2, 0) is 9.47 Å². The van der Waals surface area contributed by atoms with Gasteiger partial charge in [-0.25, -0.2) is 0 Å². The minimum atomic E-state index is -0.591. The van der Waals surface area contributed by atoms with Gasteiger partial charge >= 0.3 is 0 Å². The van der Waals surface area contributed by atoms with E-state index in [1.165, 1.54) is 0 Å². The molecule has 1 heterocycles. The molecule has 0 aromatic heterocycles. The van der Waals surface area contributed by atoms with Crippen molar-refractivity contribution < 1.29 is 19.7 Å². The summed E-state index contributed by atoms with van der Waals surface area (Å²) in [7, 11) is 0. The molecule has 0 radical (unpaired) electrons. The van der Waals surface area contributed by atoms with Crippen LogP contribution in [0.15, 0.2) is 54.6 Å². The molecule has 0 spiro atoms. The van der Waals surface area contributed by atoms with E-state index in [1.54, 1.807) is 24.3 Å². The topological polar surface area (TPSA) is 58.9 Å². The maximum atomic E-state index is 9.52. The predicted octanol–water partition coefficient (Wildman–Crippen LogP) is 4.05. The van der Waals surface area contributed by atoms with Crippen LogP contribution in [0.25, 0.3) is 6.08 Å². The predicted molar refractivity (Wildman–Crippen MR) is 92.9 cm³/mol. The fourth-order valence-corrected chi connectivity index (χ4v) is 2.84. The highest BCUT2D eigenvalue weighted by atomic mass is 16.7. The number of hydrogen-bond donors (Lipinski definition) is 2. The lowest BCUT2D eigenvalue weighted by Crippen LogP contribution is -2.24. The number of phenolic OH excluding ortho intramolecular Hbond substituents is 2. The summed E-state index contributed by atoms with van der Waals surface area (Å²) in [6.45, 7) is 4.33. The van der Waals surface area contributed by atoms with Crippen LogP contribution < -0.4 is 0 Å². The first kappa shape index (κ1) is 16.6. The van der Waals surface area contributed by atoms with Gasteiger partial charge < -0.3 is 19.7 Å². The average molecular weight is 326 g/mol. The van der Waals surface area contributed by atoms with E-state index in [0.717, 1.165) is 11.1 Å². The van der Waals surface area contributed by atoms with Crippen molar-refractivity contribution in [1.82, 2.24) is 0 Å². The van der Waals surface area contributed by atoms with Gasteiger partial charge in [0.1, 0.15) is 11.5 Å². The molecule has 24 heavy (non-hydrogen) atoms. The summed E-state index contributed by atoms with van der Waals surface area (Å²) >= 11 is 0. The van der Waals surface area contributed by atoms with Crippen molar-refractivity contribution in [2.75, 3.05) is 6.61 Å². The fraction of sp³-hybridized carbons (Fsp3) is 0.300. The molecule has 4 heteroatoms. The molecule has 3 rings (SSSR count). The van der Waals surface area contributed by atoms with E-state index in [2.05, 4.69) is 6.08 Å². The van der Waals surface area contributed by atoms with E-state index in [0.29, 0.717) is 6.61 Å². The molecule has 1 aliphatic heterocycles. The van der Waals surface area contributed by atoms with E-state index >= 15 is 0 Å². The van der Waals surface area contributed by atoms with E-state index < -0.39 is 5.79 Å². The zero-order chi connectivity index (χ0) is 17.2. The third kappa shape index (κ3) is 3.96. The Kier molecular flexibility index (Phi) is 4.60. The summed E-state index contributed by atoms with van der Waals surface area (Å²) in [6, 6.07) is 14.2. The van der Waals surface area contributed by atoms with E-state index in [9.17, 15) is 10.2 Å². The van der Waals surface area contributed by atoms with Gasteiger partial charge in [-0.2, -0.15) is 0 Å². The van der Waals surface area contributed by atoms with Gasteiger partial charge in [0.2, 0.25) is 0 Å². The van der Waals surface area contributed by atoms with Crippen molar-refractivity contribution in [3.05, 3.63) is 65.7 Å². The third-order valence-corrected chi connectivity index (χ3v) is 4.10. The molecule has 2 N–H and O–H groups in total. The number of benzene rings is 2. The molecule has 0 bridgehead atoms. The normalized spacial score (nSPS) is 21.2. The standard InChI is InChI=1S/C20H22O4/c1-20(2)23-13-19(24-20)18(15-6-10-17(22)11-7-15)12-5-14-3-8-16(21)9-4-14/h3-12,18-19,21-22H,13H2,1-2H3. The van der Waals surface area contributed by atoms with E-state index in [1.807, 2.05) is 44.2 Å². The van der Waals surface area contributed by atoms with Crippen LogP contribution in [0.5, 0.6) is 11.5 Å². The highest BCUT2D eigenvalue weighted by molar-refractivity contribution is 5.52. The van der Waals surface area contributed by atoms with Crippen molar-refractivity contribution in [3.63, 3.8) is 0 Å². The molecule has 126 valence electrons. The monoisotopic (exact) mass is 326 g/mol. The minimum absolute atomic E-state index is 0.00109. The number of rotatable bonds is 4. The number of hydrogen-bond acceptors (Lipinski definition) is 4. The summed E-state index contributed by atoms with van der Waals surface area (Å²) in [5.41, 5.74) is 2.05. The molecule has 1 aliphatic rings. The Morgan fingerprint density at radius 3 is 2.12 bits per heavy atom. The van der Waals surface area contributed by atoms with E-state index in [4.69, 9.17) is 9.47 Å². The van der Waals surface area contributed by atoms with Gasteiger partial charge in [0.05, 0.1) is 12.7 Å². The highest BCUT2D eigenvalue weighted by Crippen LogP contribution is 2.34. The third-order valence-electron chi connectivity index (χ3n) is 4.10. The quantitative estimate of drug-likeness (QED) is 0.890. The van der Waals surface area contributed by atoms with Crippen LogP contribution in [-0.4, -0.2) is 28.7 Å². The van der Waals surface area contributed by atoms with Crippen molar-refractivity contribution >= 4 is 6.08 Å². The molecule has 4 nitrogen and oxygen atoms in total. The zero-order valence-corrected chi connectivity index (χ0v) is 13.8. The van der Waals surface area contributed by atoms with Gasteiger partial charge in [0.15, 0.2) is 5.79 Å². The van der Waals surface area contributed by atoms with Gasteiger partial charge in [0, 0.05) is 5.92 Å². The Hall–Kier alpha value is -2.30. The number of aromatic hydroxyl groups is 2. The summed E-state index contributed by atoms with van der Waals surface area (Å²) in [6.07, 6.45) is 3.98. The summed E-state index contributed by atoms with van der Waals surface area (Å²) in [5, 5.41) is 18.9. The van der Waals surface area contributed by atoms with Crippen LogP contribution >= 0.6 is 0 Å². The van der Waals surface area contributed by atoms with Crippen LogP contribution in [0.4, 0.5) is 0 Å². The Labute approximate surface area is 142 Å². The average Bonchev–Trinajstić information content (AvgIpc) is 2.91. The van der Waals surface area contributed by atoms with Crippen molar-refractivity contribution in [3.8, 4) is 11.5 Å². The molecular formula is C20H22O4. The number of phenols is 2. The van der Waals surface area contributed by atoms with Gasteiger partial charge in [0.25, 0.3) is 0 Å². The second kappa shape index (κ2) is 6.67. The fourth-order valence-electron chi connectivity index (χ4n) is 2.84. The van der Waals surface area contributed by atoms with Crippen LogP contribution in [0, 0.1) is 0 Å². The van der Waals surface area contributed by atoms with Crippen LogP contribution in [0.2, 0.25) is 0 Å². The summed E-state index contributed by atoms with van der Waals surface area (Å²) < 4.78 is 11.7. The van der Waals surface area contributed by atoms with Gasteiger partial charge in [-0.3, -0.25) is 0 Å². The lowest BCUT2D eigenvalue weighted by Gasteiger charge is -2.22. The second-order valence-electron chi connectivity index (χ2n) is 6.44. The van der Waals surface area contributed by atoms with Gasteiger partial charge in [-0.05, 0) is 49.2 Å². The molecule has 1 fully saturated rings. The van der Waals surface area contributed by atoms with E-state index in [-0.39, 0.29) is 23.5 Å². The molecule has 2 aromatic carbocycles. The van der Waals surface area contributed by atoms with Crippen molar-refractivity contribution in [2.24, 2.45) is 0 Å². The second-order valence-corrected chi connectivity index (χ2v) is 6.44. The SMILES string of the molecule is CC1(C)OCC(C(C=Cc2ccc(O)cc2)c2ccc(O)cc2)O1. The Bertz CT molecular complexity index is 701. The first-order chi connectivity index (χ1) is 11.4. The van der Waals surface area contributed by atoms with Crippen LogP contribution in [0.1, 0.15) is 30.9 Å². The molecule has 0 saturated carbocycles. The lowest BCUT2D eigenvalue weighted by molar-refractivity contribution is -0.139. The maximum absolute atomic E-state index is 9.52.